The molecule has 0 aliphatic heterocycles. The molecule has 51 heavy (non-hydrogen) atoms. The van der Waals surface area contributed by atoms with Gasteiger partial charge in [0.15, 0.2) is 11.2 Å². The zero-order valence-electron chi connectivity index (χ0n) is 28.3. The van der Waals surface area contributed by atoms with Gasteiger partial charge in [-0.2, -0.15) is 0 Å². The molecule has 3 aromatic heterocycles. The predicted octanol–water partition coefficient (Wildman–Crippen LogP) is 9.64. The van der Waals surface area contributed by atoms with E-state index in [0.29, 0.717) is 17.5 Å². The average Bonchev–Trinajstić information content (AvgIpc) is 3.81. The third-order valence-corrected chi connectivity index (χ3v) is 9.66. The van der Waals surface area contributed by atoms with Gasteiger partial charge >= 0.3 is 0 Å². The molecule has 0 aliphatic rings. The number of rotatable bonds is 11. The number of unbranched alkanes of at least 4 members (excludes halogenated alkanes) is 1. The molecule has 0 amide bonds. The third-order valence-electron chi connectivity index (χ3n) is 9.45. The highest BCUT2D eigenvalue weighted by Gasteiger charge is 2.41. The molecule has 3 heterocycles. The highest BCUT2D eigenvalue weighted by molar-refractivity contribution is 6.29. The van der Waals surface area contributed by atoms with Crippen molar-refractivity contribution < 1.29 is 0 Å². The molecule has 0 spiro atoms. The lowest BCUT2D eigenvalue weighted by atomic mass is 9.77. The van der Waals surface area contributed by atoms with Crippen LogP contribution >= 0.6 is 11.6 Å². The van der Waals surface area contributed by atoms with Gasteiger partial charge in [-0.15, -0.1) is 15.0 Å². The smallest absolute Gasteiger partial charge is 0.205 e. The maximum Gasteiger partial charge on any atom is 0.205 e. The first kappa shape index (κ1) is 32.3. The Hall–Kier alpha value is -5.92. The summed E-state index contributed by atoms with van der Waals surface area (Å²) in [6.07, 6.45) is 3.05. The number of pyridine rings is 1. The Kier molecular flexibility index (Phi) is 8.95. The van der Waals surface area contributed by atoms with Crippen LogP contribution in [0.3, 0.4) is 0 Å². The van der Waals surface area contributed by atoms with Crippen LogP contribution in [0.2, 0.25) is 5.15 Å². The van der Waals surface area contributed by atoms with E-state index in [1.807, 2.05) is 36.4 Å². The Morgan fingerprint density at radius 2 is 1.22 bits per heavy atom. The minimum atomic E-state index is -0.849. The van der Waals surface area contributed by atoms with Gasteiger partial charge in [-0.25, -0.2) is 9.97 Å². The summed E-state index contributed by atoms with van der Waals surface area (Å²) < 4.78 is 2.19. The molecule has 5 aromatic carbocycles. The van der Waals surface area contributed by atoms with Crippen LogP contribution in [0, 0.1) is 0 Å². The van der Waals surface area contributed by atoms with E-state index in [2.05, 4.69) is 126 Å². The topological polar surface area (TPSA) is 74.3 Å². The highest BCUT2D eigenvalue weighted by Crippen LogP contribution is 2.40. The first-order chi connectivity index (χ1) is 25.1. The lowest BCUT2D eigenvalue weighted by Gasteiger charge is -2.34. The molecular formula is C43H36ClN7. The summed E-state index contributed by atoms with van der Waals surface area (Å²) in [4.78, 5) is 11.3. The number of fused-ring (bicyclic) bond motifs is 1. The summed E-state index contributed by atoms with van der Waals surface area (Å²) in [7, 11) is 0. The molecular weight excluding hydrogens is 650 g/mol. The molecule has 250 valence electrons. The second kappa shape index (κ2) is 14.1. The minimum absolute atomic E-state index is 0.469. The van der Waals surface area contributed by atoms with Crippen molar-refractivity contribution in [1.29, 1.82) is 0 Å². The molecule has 0 atom stereocenters. The number of tetrazole rings is 1. The molecule has 7 nitrogen and oxygen atoms in total. The molecule has 8 rings (SSSR count). The molecule has 0 radical (unpaired) electrons. The highest BCUT2D eigenvalue weighted by atomic mass is 35.5. The van der Waals surface area contributed by atoms with Crippen LogP contribution in [0.5, 0.6) is 0 Å². The van der Waals surface area contributed by atoms with Crippen molar-refractivity contribution in [3.05, 3.63) is 185 Å². The predicted molar refractivity (Wildman–Crippen MR) is 204 cm³/mol. The van der Waals surface area contributed by atoms with E-state index in [1.54, 1.807) is 10.9 Å². The quantitative estimate of drug-likeness (QED) is 0.100. The van der Waals surface area contributed by atoms with Gasteiger partial charge in [0.2, 0.25) is 5.82 Å². The number of benzene rings is 5. The first-order valence-electron chi connectivity index (χ1n) is 17.3. The van der Waals surface area contributed by atoms with Crippen molar-refractivity contribution in [2.24, 2.45) is 0 Å². The van der Waals surface area contributed by atoms with E-state index in [9.17, 15) is 0 Å². The minimum Gasteiger partial charge on any atom is -0.308 e. The zero-order valence-corrected chi connectivity index (χ0v) is 29.0. The van der Waals surface area contributed by atoms with Crippen LogP contribution in [-0.2, 0) is 18.5 Å². The summed E-state index contributed by atoms with van der Waals surface area (Å²) in [6, 6.07) is 51.8. The molecule has 0 unspecified atom stereocenters. The normalized spacial score (nSPS) is 11.6. The van der Waals surface area contributed by atoms with Gasteiger partial charge in [0.05, 0.1) is 6.54 Å². The van der Waals surface area contributed by atoms with Crippen molar-refractivity contribution in [3.8, 4) is 22.5 Å². The van der Waals surface area contributed by atoms with Crippen molar-refractivity contribution in [2.45, 2.75) is 38.3 Å². The van der Waals surface area contributed by atoms with Crippen LogP contribution in [0.1, 0.15) is 47.8 Å². The Bertz CT molecular complexity index is 2290. The van der Waals surface area contributed by atoms with Gasteiger partial charge in [-0.05, 0) is 57.1 Å². The van der Waals surface area contributed by atoms with Gasteiger partial charge in [-0.1, -0.05) is 164 Å². The summed E-state index contributed by atoms with van der Waals surface area (Å²) >= 11 is 6.31. The Morgan fingerprint density at radius 1 is 0.627 bits per heavy atom. The molecule has 8 aromatic rings. The van der Waals surface area contributed by atoms with Crippen LogP contribution in [0.4, 0.5) is 0 Å². The number of hydrogen-bond acceptors (Lipinski definition) is 5. The fourth-order valence-electron chi connectivity index (χ4n) is 6.97. The summed E-state index contributed by atoms with van der Waals surface area (Å²) in [5, 5.41) is 15.1. The Morgan fingerprint density at radius 3 is 1.82 bits per heavy atom. The number of halogens is 1. The number of aryl methyl sites for hydroxylation is 1. The van der Waals surface area contributed by atoms with E-state index < -0.39 is 5.54 Å². The molecule has 0 saturated carbocycles. The standard InChI is InChI=1S/C43H36ClN7/c1-2-3-23-40-45-38-28-29-39(44)46-42(38)50(40)30-31-24-26-32(27-25-31)36-21-13-14-22-37(36)41-47-49-51(48-41)43(33-15-7-4-8-16-33,34-17-9-5-10-18-34)35-19-11-6-12-20-35/h4-22,24-29H,2-3,23,30H2,1H3. The zero-order chi connectivity index (χ0) is 34.6. The van der Waals surface area contributed by atoms with Crippen molar-refractivity contribution in [2.75, 3.05) is 0 Å². The molecule has 0 saturated heterocycles. The number of imidazole rings is 1. The first-order valence-corrected chi connectivity index (χ1v) is 17.7. The Balaban J connectivity index is 1.18. The fourth-order valence-corrected chi connectivity index (χ4v) is 7.11. The number of nitrogens with zero attached hydrogens (tertiary/aromatic N) is 7. The largest absolute Gasteiger partial charge is 0.308 e. The van der Waals surface area contributed by atoms with Crippen LogP contribution in [0.15, 0.2) is 152 Å². The molecule has 0 aliphatic carbocycles. The van der Waals surface area contributed by atoms with E-state index in [1.165, 1.54) is 0 Å². The SMILES string of the molecule is CCCCc1nc2ccc(Cl)nc2n1Cc1ccc(-c2ccccc2-c2nnn(C(c3ccccc3)(c3ccccc3)c3ccccc3)n2)cc1. The van der Waals surface area contributed by atoms with Gasteiger partial charge < -0.3 is 4.57 Å². The average molecular weight is 686 g/mol. The van der Waals surface area contributed by atoms with E-state index in [-0.39, 0.29) is 0 Å². The van der Waals surface area contributed by atoms with Gasteiger partial charge in [0, 0.05) is 12.0 Å². The summed E-state index contributed by atoms with van der Waals surface area (Å²) in [5.74, 6) is 1.58. The van der Waals surface area contributed by atoms with E-state index in [0.717, 1.165) is 75.2 Å². The summed E-state index contributed by atoms with van der Waals surface area (Å²) in [6.45, 7) is 2.85. The van der Waals surface area contributed by atoms with Gasteiger partial charge in [0.1, 0.15) is 16.5 Å². The fraction of sp³-hybridized carbons (Fsp3) is 0.140. The molecule has 0 N–H and O–H groups in total. The lowest BCUT2D eigenvalue weighted by molar-refractivity contribution is 0.396. The Labute approximate surface area is 302 Å². The van der Waals surface area contributed by atoms with Crippen LogP contribution < -0.4 is 0 Å². The molecule has 8 heteroatoms. The maximum absolute atomic E-state index is 6.31. The van der Waals surface area contributed by atoms with Crippen LogP contribution in [-0.4, -0.2) is 34.7 Å². The molecule has 0 fully saturated rings. The maximum atomic E-state index is 6.31. The lowest BCUT2D eigenvalue weighted by Crippen LogP contribution is -2.39. The van der Waals surface area contributed by atoms with Gasteiger partial charge in [-0.3, -0.25) is 0 Å². The second-order valence-electron chi connectivity index (χ2n) is 12.6. The van der Waals surface area contributed by atoms with E-state index >= 15 is 0 Å². The van der Waals surface area contributed by atoms with E-state index in [4.69, 9.17) is 32.0 Å². The van der Waals surface area contributed by atoms with Crippen LogP contribution in [0.25, 0.3) is 33.7 Å². The third kappa shape index (κ3) is 6.10. The number of hydrogen-bond donors (Lipinski definition) is 0. The summed E-state index contributed by atoms with van der Waals surface area (Å²) in [5.41, 5.74) is 8.09. The molecule has 0 bridgehead atoms. The van der Waals surface area contributed by atoms with Crippen molar-refractivity contribution in [3.63, 3.8) is 0 Å². The second-order valence-corrected chi connectivity index (χ2v) is 13.0. The van der Waals surface area contributed by atoms with Crippen molar-refractivity contribution >= 4 is 22.8 Å². The van der Waals surface area contributed by atoms with Crippen molar-refractivity contribution in [1.82, 2.24) is 34.7 Å². The van der Waals surface area contributed by atoms with Gasteiger partial charge in [0.25, 0.3) is 0 Å². The monoisotopic (exact) mass is 685 g/mol. The number of aromatic nitrogens is 7.